The van der Waals surface area contributed by atoms with Crippen molar-refractivity contribution in [2.24, 2.45) is 0 Å². The minimum absolute atomic E-state index is 0.313. The summed E-state index contributed by atoms with van der Waals surface area (Å²) in [5.41, 5.74) is 0. The van der Waals surface area contributed by atoms with E-state index in [1.807, 2.05) is 0 Å². The first-order chi connectivity index (χ1) is 4.31. The summed E-state index contributed by atoms with van der Waals surface area (Å²) < 4.78 is 4.58. The first-order valence-corrected chi connectivity index (χ1v) is 2.81. The van der Waals surface area contributed by atoms with Crippen LogP contribution in [0.15, 0.2) is 12.3 Å². The summed E-state index contributed by atoms with van der Waals surface area (Å²) in [6, 6.07) is 0. The van der Waals surface area contributed by atoms with Crippen LogP contribution in [0.1, 0.15) is 6.92 Å². The molecule has 0 fully saturated rings. The maximum absolute atomic E-state index is 10.5. The monoisotopic (exact) mass is 129 g/mol. The molecular weight excluding hydrogens is 118 g/mol. The number of carbonyl (C=O) groups excluding carboxylic acids is 1. The van der Waals surface area contributed by atoms with Crippen molar-refractivity contribution >= 4 is 5.97 Å². The molecule has 0 amide bonds. The van der Waals surface area contributed by atoms with Crippen LogP contribution in [0.25, 0.3) is 0 Å². The van der Waals surface area contributed by atoms with E-state index in [4.69, 9.17) is 0 Å². The first-order valence-electron chi connectivity index (χ1n) is 2.81. The molecule has 0 spiro atoms. The molecule has 0 radical (unpaired) electrons. The minimum atomic E-state index is -0.313. The van der Waals surface area contributed by atoms with Gasteiger partial charge in [-0.3, -0.25) is 0 Å². The summed E-state index contributed by atoms with van der Waals surface area (Å²) in [6.45, 7) is 2.19. The third-order valence-corrected chi connectivity index (χ3v) is 0.673. The predicted molar refractivity (Wildman–Crippen MR) is 34.8 cm³/mol. The summed E-state index contributed by atoms with van der Waals surface area (Å²) in [6.07, 6.45) is 2.86. The number of nitrogens with one attached hydrogen (secondary N) is 1. The number of hydrogen-bond acceptors (Lipinski definition) is 3. The van der Waals surface area contributed by atoms with Crippen LogP contribution in [0.2, 0.25) is 0 Å². The van der Waals surface area contributed by atoms with E-state index < -0.39 is 0 Å². The van der Waals surface area contributed by atoms with Gasteiger partial charge in [-0.15, -0.1) is 0 Å². The normalized spacial score (nSPS) is 9.56. The van der Waals surface area contributed by atoms with Crippen molar-refractivity contribution in [3.8, 4) is 0 Å². The average molecular weight is 129 g/mol. The standard InChI is InChI=1S/C6H11NO2/c1-3-9-6(8)4-5-7-2/h4-5,7H,3H2,1-2H3. The Morgan fingerprint density at radius 1 is 1.78 bits per heavy atom. The van der Waals surface area contributed by atoms with Gasteiger partial charge in [0.2, 0.25) is 0 Å². The smallest absolute Gasteiger partial charge is 0.332 e. The summed E-state index contributed by atoms with van der Waals surface area (Å²) in [7, 11) is 1.72. The zero-order valence-electron chi connectivity index (χ0n) is 5.68. The molecule has 1 N–H and O–H groups in total. The van der Waals surface area contributed by atoms with Crippen LogP contribution < -0.4 is 5.32 Å². The quantitative estimate of drug-likeness (QED) is 0.439. The van der Waals surface area contributed by atoms with Gasteiger partial charge < -0.3 is 10.1 Å². The zero-order valence-corrected chi connectivity index (χ0v) is 5.68. The van der Waals surface area contributed by atoms with Crippen molar-refractivity contribution in [2.45, 2.75) is 6.92 Å². The van der Waals surface area contributed by atoms with E-state index in [0.29, 0.717) is 6.61 Å². The Hall–Kier alpha value is -0.990. The molecule has 0 aromatic heterocycles. The van der Waals surface area contributed by atoms with Gasteiger partial charge in [0.1, 0.15) is 0 Å². The second kappa shape index (κ2) is 5.15. The Balaban J connectivity index is 3.37. The first kappa shape index (κ1) is 8.01. The van der Waals surface area contributed by atoms with Crippen LogP contribution in [0, 0.1) is 0 Å². The molecule has 0 aliphatic heterocycles. The third kappa shape index (κ3) is 4.87. The molecule has 3 heteroatoms. The maximum atomic E-state index is 10.5. The Kier molecular flexibility index (Phi) is 4.59. The summed E-state index contributed by atoms with van der Waals surface area (Å²) >= 11 is 0. The molecule has 0 rings (SSSR count). The van der Waals surface area contributed by atoms with Gasteiger partial charge in [0.05, 0.1) is 6.61 Å². The molecule has 0 aromatic rings. The van der Waals surface area contributed by atoms with Crippen molar-refractivity contribution in [3.05, 3.63) is 12.3 Å². The zero-order chi connectivity index (χ0) is 7.11. The number of carbonyl (C=O) groups is 1. The molecule has 52 valence electrons. The van der Waals surface area contributed by atoms with Gasteiger partial charge in [-0.05, 0) is 6.92 Å². The van der Waals surface area contributed by atoms with Gasteiger partial charge in [0.25, 0.3) is 0 Å². The van der Waals surface area contributed by atoms with Crippen LogP contribution in [0.3, 0.4) is 0 Å². The molecular formula is C6H11NO2. The number of hydrogen-bond donors (Lipinski definition) is 1. The molecule has 9 heavy (non-hydrogen) atoms. The highest BCUT2D eigenvalue weighted by Crippen LogP contribution is 1.77. The van der Waals surface area contributed by atoms with Crippen LogP contribution in [0.5, 0.6) is 0 Å². The molecule has 0 saturated carbocycles. The highest BCUT2D eigenvalue weighted by Gasteiger charge is 1.89. The summed E-state index contributed by atoms with van der Waals surface area (Å²) in [5, 5.41) is 2.68. The van der Waals surface area contributed by atoms with Crippen molar-refractivity contribution in [3.63, 3.8) is 0 Å². The second-order valence-corrected chi connectivity index (χ2v) is 1.37. The van der Waals surface area contributed by atoms with E-state index in [9.17, 15) is 4.79 Å². The largest absolute Gasteiger partial charge is 0.463 e. The van der Waals surface area contributed by atoms with E-state index in [1.54, 1.807) is 14.0 Å². The van der Waals surface area contributed by atoms with E-state index in [0.717, 1.165) is 0 Å². The molecule has 0 aliphatic rings. The maximum Gasteiger partial charge on any atom is 0.332 e. The van der Waals surface area contributed by atoms with Crippen LogP contribution >= 0.6 is 0 Å². The predicted octanol–water partition coefficient (Wildman–Crippen LogP) is 0.283. The van der Waals surface area contributed by atoms with Gasteiger partial charge in [0, 0.05) is 19.3 Å². The number of esters is 1. The van der Waals surface area contributed by atoms with Gasteiger partial charge in [-0.1, -0.05) is 0 Å². The highest BCUT2D eigenvalue weighted by molar-refractivity contribution is 5.81. The Morgan fingerprint density at radius 2 is 2.44 bits per heavy atom. The Bertz CT molecular complexity index is 110. The Morgan fingerprint density at radius 3 is 2.89 bits per heavy atom. The molecule has 3 nitrogen and oxygen atoms in total. The number of rotatable bonds is 3. The number of ether oxygens (including phenoxy) is 1. The van der Waals surface area contributed by atoms with E-state index in [2.05, 4.69) is 10.1 Å². The van der Waals surface area contributed by atoms with E-state index in [1.165, 1.54) is 12.3 Å². The fraction of sp³-hybridized carbons (Fsp3) is 0.500. The molecule has 0 heterocycles. The van der Waals surface area contributed by atoms with Crippen molar-refractivity contribution in [1.29, 1.82) is 0 Å². The Labute approximate surface area is 54.7 Å². The molecule has 0 aliphatic carbocycles. The molecule has 0 atom stereocenters. The minimum Gasteiger partial charge on any atom is -0.463 e. The fourth-order valence-electron chi connectivity index (χ4n) is 0.342. The van der Waals surface area contributed by atoms with E-state index >= 15 is 0 Å². The molecule has 0 aromatic carbocycles. The van der Waals surface area contributed by atoms with Crippen LogP contribution in [0.4, 0.5) is 0 Å². The van der Waals surface area contributed by atoms with E-state index in [-0.39, 0.29) is 5.97 Å². The lowest BCUT2D eigenvalue weighted by Crippen LogP contribution is -2.01. The van der Waals surface area contributed by atoms with Gasteiger partial charge in [0.15, 0.2) is 0 Å². The van der Waals surface area contributed by atoms with Crippen molar-refractivity contribution in [2.75, 3.05) is 13.7 Å². The van der Waals surface area contributed by atoms with Crippen LogP contribution in [-0.2, 0) is 9.53 Å². The lowest BCUT2D eigenvalue weighted by molar-refractivity contribution is -0.137. The summed E-state index contributed by atoms with van der Waals surface area (Å²) in [5.74, 6) is -0.313. The van der Waals surface area contributed by atoms with Crippen molar-refractivity contribution < 1.29 is 9.53 Å². The van der Waals surface area contributed by atoms with Crippen molar-refractivity contribution in [1.82, 2.24) is 5.32 Å². The lowest BCUT2D eigenvalue weighted by Gasteiger charge is -1.93. The second-order valence-electron chi connectivity index (χ2n) is 1.37. The van der Waals surface area contributed by atoms with Gasteiger partial charge in [-0.25, -0.2) is 4.79 Å². The SMILES string of the molecule is CCOC(=O)C=CNC. The molecule has 0 bridgehead atoms. The van der Waals surface area contributed by atoms with Crippen LogP contribution in [-0.4, -0.2) is 19.6 Å². The molecule has 0 unspecified atom stereocenters. The van der Waals surface area contributed by atoms with Gasteiger partial charge in [-0.2, -0.15) is 0 Å². The molecule has 0 saturated heterocycles. The highest BCUT2D eigenvalue weighted by atomic mass is 16.5. The van der Waals surface area contributed by atoms with Gasteiger partial charge >= 0.3 is 5.97 Å². The third-order valence-electron chi connectivity index (χ3n) is 0.673. The lowest BCUT2D eigenvalue weighted by atomic mass is 10.6. The fourth-order valence-corrected chi connectivity index (χ4v) is 0.342. The average Bonchev–Trinajstić information content (AvgIpc) is 1.85. The topological polar surface area (TPSA) is 38.3 Å². The summed E-state index contributed by atoms with van der Waals surface area (Å²) in [4.78, 5) is 10.5.